The molecule has 6 heteroatoms. The largest absolute Gasteiger partial charge is 0.353 e. The van der Waals surface area contributed by atoms with Crippen molar-refractivity contribution in [1.29, 1.82) is 0 Å². The van der Waals surface area contributed by atoms with Gasteiger partial charge in [0.15, 0.2) is 0 Å². The van der Waals surface area contributed by atoms with Crippen LogP contribution in [0.1, 0.15) is 61.0 Å². The number of carbonyl (C=O) groups is 2. The van der Waals surface area contributed by atoms with E-state index in [2.05, 4.69) is 15.6 Å². The molecule has 154 valence electrons. The van der Waals surface area contributed by atoms with Gasteiger partial charge < -0.3 is 10.6 Å². The Labute approximate surface area is 177 Å². The molecule has 0 bridgehead atoms. The average Bonchev–Trinajstić information content (AvgIpc) is 2.73. The molecule has 5 nitrogen and oxygen atoms in total. The summed E-state index contributed by atoms with van der Waals surface area (Å²) in [6.45, 7) is 0.376. The minimum atomic E-state index is -0.154. The van der Waals surface area contributed by atoms with E-state index in [0.29, 0.717) is 23.9 Å². The van der Waals surface area contributed by atoms with Gasteiger partial charge in [-0.2, -0.15) is 0 Å². The molecule has 1 saturated carbocycles. The average molecular weight is 412 g/mol. The number of benzene rings is 1. The van der Waals surface area contributed by atoms with Crippen LogP contribution >= 0.6 is 11.8 Å². The molecular weight excluding hydrogens is 382 g/mol. The summed E-state index contributed by atoms with van der Waals surface area (Å²) in [6, 6.07) is 13.3. The predicted molar refractivity (Wildman–Crippen MR) is 117 cm³/mol. The maximum atomic E-state index is 12.6. The molecule has 29 heavy (non-hydrogen) atoms. The Bertz CT molecular complexity index is 790. The Kier molecular flexibility index (Phi) is 8.56. The molecule has 1 fully saturated rings. The summed E-state index contributed by atoms with van der Waals surface area (Å²) in [5, 5.41) is 6.09. The van der Waals surface area contributed by atoms with Gasteiger partial charge in [0.05, 0.1) is 23.6 Å². The molecule has 2 aromatic rings. The maximum absolute atomic E-state index is 12.6. The molecule has 3 rings (SSSR count). The van der Waals surface area contributed by atoms with Crippen LogP contribution in [0.3, 0.4) is 0 Å². The number of pyridine rings is 1. The molecule has 1 aromatic carbocycles. The minimum absolute atomic E-state index is 0.0456. The summed E-state index contributed by atoms with van der Waals surface area (Å²) in [7, 11) is 0. The fourth-order valence-corrected chi connectivity index (χ4v) is 4.42. The first kappa shape index (κ1) is 21.4. The number of hydrogen-bond acceptors (Lipinski definition) is 4. The van der Waals surface area contributed by atoms with Crippen molar-refractivity contribution in [3.63, 3.8) is 0 Å². The van der Waals surface area contributed by atoms with Crippen molar-refractivity contribution in [3.05, 3.63) is 59.9 Å². The van der Waals surface area contributed by atoms with Gasteiger partial charge >= 0.3 is 0 Å². The van der Waals surface area contributed by atoms with E-state index in [4.69, 9.17) is 0 Å². The molecule has 0 spiro atoms. The third-order valence-electron chi connectivity index (χ3n) is 5.12. The number of hydrogen-bond donors (Lipinski definition) is 2. The lowest BCUT2D eigenvalue weighted by Crippen LogP contribution is -2.36. The van der Waals surface area contributed by atoms with Gasteiger partial charge in [0, 0.05) is 17.1 Å². The normalized spacial score (nSPS) is 15.2. The number of thioether (sulfide) groups is 1. The van der Waals surface area contributed by atoms with Crippen molar-refractivity contribution >= 4 is 23.6 Å². The zero-order chi connectivity index (χ0) is 20.3. The highest BCUT2D eigenvalue weighted by Gasteiger charge is 2.16. The van der Waals surface area contributed by atoms with E-state index < -0.39 is 0 Å². The minimum Gasteiger partial charge on any atom is -0.353 e. The zero-order valence-corrected chi connectivity index (χ0v) is 17.5. The SMILES string of the molecule is O=C(CSc1ccccc1C(=O)NCc1ccccn1)NC1CCCCCCC1. The van der Waals surface area contributed by atoms with Crippen molar-refractivity contribution in [2.45, 2.75) is 62.4 Å². The van der Waals surface area contributed by atoms with Crippen LogP contribution in [0.5, 0.6) is 0 Å². The molecule has 0 radical (unpaired) electrons. The Morgan fingerprint density at radius 3 is 2.45 bits per heavy atom. The first-order chi connectivity index (χ1) is 14.2. The Balaban J connectivity index is 1.51. The Morgan fingerprint density at radius 1 is 0.966 bits per heavy atom. The third-order valence-corrected chi connectivity index (χ3v) is 6.19. The predicted octanol–water partition coefficient (Wildman–Crippen LogP) is 4.33. The fourth-order valence-electron chi connectivity index (χ4n) is 3.56. The second kappa shape index (κ2) is 11.6. The molecule has 2 N–H and O–H groups in total. The van der Waals surface area contributed by atoms with Crippen molar-refractivity contribution in [1.82, 2.24) is 15.6 Å². The second-order valence-electron chi connectivity index (χ2n) is 7.40. The van der Waals surface area contributed by atoms with Crippen LogP contribution in [0.15, 0.2) is 53.6 Å². The first-order valence-corrected chi connectivity index (χ1v) is 11.4. The van der Waals surface area contributed by atoms with E-state index in [0.717, 1.165) is 23.4 Å². The number of nitrogens with one attached hydrogen (secondary N) is 2. The van der Waals surface area contributed by atoms with Gasteiger partial charge in [-0.1, -0.05) is 50.3 Å². The van der Waals surface area contributed by atoms with Crippen LogP contribution in [-0.4, -0.2) is 28.6 Å². The molecule has 0 saturated heterocycles. The lowest BCUT2D eigenvalue weighted by Gasteiger charge is -2.21. The lowest BCUT2D eigenvalue weighted by molar-refractivity contribution is -0.119. The smallest absolute Gasteiger partial charge is 0.252 e. The number of rotatable bonds is 7. The van der Waals surface area contributed by atoms with Gasteiger partial charge in [0.1, 0.15) is 0 Å². The number of aromatic nitrogens is 1. The van der Waals surface area contributed by atoms with Gasteiger partial charge in [-0.3, -0.25) is 14.6 Å². The molecule has 1 aliphatic rings. The third kappa shape index (κ3) is 7.20. The van der Waals surface area contributed by atoms with E-state index in [1.54, 1.807) is 12.3 Å². The van der Waals surface area contributed by atoms with E-state index in [9.17, 15) is 9.59 Å². The molecule has 0 atom stereocenters. The first-order valence-electron chi connectivity index (χ1n) is 10.4. The maximum Gasteiger partial charge on any atom is 0.252 e. The van der Waals surface area contributed by atoms with Crippen molar-refractivity contribution in [2.24, 2.45) is 0 Å². The standard InChI is InChI=1S/C23H29N3O2S/c27-22(26-18-10-4-2-1-3-5-11-18)17-29-21-14-7-6-13-20(21)23(28)25-16-19-12-8-9-15-24-19/h6-9,12-15,18H,1-5,10-11,16-17H2,(H,25,28)(H,26,27). The van der Waals surface area contributed by atoms with Crippen molar-refractivity contribution in [2.75, 3.05) is 5.75 Å². The van der Waals surface area contributed by atoms with E-state index in [1.165, 1.54) is 43.9 Å². The quantitative estimate of drug-likeness (QED) is 0.665. The fraction of sp³-hybridized carbons (Fsp3) is 0.435. The number of carbonyl (C=O) groups excluding carboxylic acids is 2. The van der Waals surface area contributed by atoms with Gasteiger partial charge in [-0.25, -0.2) is 0 Å². The Hall–Kier alpha value is -2.34. The van der Waals surface area contributed by atoms with Crippen molar-refractivity contribution < 1.29 is 9.59 Å². The van der Waals surface area contributed by atoms with Crippen molar-refractivity contribution in [3.8, 4) is 0 Å². The van der Waals surface area contributed by atoms with Crippen LogP contribution < -0.4 is 10.6 Å². The van der Waals surface area contributed by atoms with Crippen LogP contribution in [0.4, 0.5) is 0 Å². The summed E-state index contributed by atoms with van der Waals surface area (Å²) in [4.78, 5) is 30.1. The number of amides is 2. The molecule has 0 unspecified atom stereocenters. The summed E-state index contributed by atoms with van der Waals surface area (Å²) >= 11 is 1.41. The monoisotopic (exact) mass is 411 g/mol. The molecule has 1 aliphatic carbocycles. The molecule has 1 aromatic heterocycles. The van der Waals surface area contributed by atoms with Gasteiger partial charge in [-0.05, 0) is 37.1 Å². The van der Waals surface area contributed by atoms with Gasteiger partial charge in [-0.15, -0.1) is 11.8 Å². The van der Waals surface area contributed by atoms with Crippen LogP contribution in [0.25, 0.3) is 0 Å². The van der Waals surface area contributed by atoms with E-state index in [1.807, 2.05) is 36.4 Å². The van der Waals surface area contributed by atoms with Crippen LogP contribution in [-0.2, 0) is 11.3 Å². The van der Waals surface area contributed by atoms with E-state index >= 15 is 0 Å². The summed E-state index contributed by atoms with van der Waals surface area (Å²) in [5.74, 6) is 0.213. The summed E-state index contributed by atoms with van der Waals surface area (Å²) in [5.41, 5.74) is 1.40. The van der Waals surface area contributed by atoms with Gasteiger partial charge in [0.2, 0.25) is 5.91 Å². The lowest BCUT2D eigenvalue weighted by atomic mass is 9.97. The Morgan fingerprint density at radius 2 is 1.69 bits per heavy atom. The number of nitrogens with zero attached hydrogens (tertiary/aromatic N) is 1. The molecule has 1 heterocycles. The molecule has 0 aliphatic heterocycles. The molecule has 2 amide bonds. The van der Waals surface area contributed by atoms with Crippen LogP contribution in [0, 0.1) is 0 Å². The summed E-state index contributed by atoms with van der Waals surface area (Å²) < 4.78 is 0. The highest BCUT2D eigenvalue weighted by atomic mass is 32.2. The zero-order valence-electron chi connectivity index (χ0n) is 16.7. The summed E-state index contributed by atoms with van der Waals surface area (Å²) in [6.07, 6.45) is 10.1. The molecular formula is C23H29N3O2S. The topological polar surface area (TPSA) is 71.1 Å². The van der Waals surface area contributed by atoms with E-state index in [-0.39, 0.29) is 11.8 Å². The second-order valence-corrected chi connectivity index (χ2v) is 8.42. The highest BCUT2D eigenvalue weighted by Crippen LogP contribution is 2.23. The van der Waals surface area contributed by atoms with Crippen LogP contribution in [0.2, 0.25) is 0 Å². The van der Waals surface area contributed by atoms with Gasteiger partial charge in [0.25, 0.3) is 5.91 Å². The highest BCUT2D eigenvalue weighted by molar-refractivity contribution is 8.00.